The van der Waals surface area contributed by atoms with Gasteiger partial charge in [0.05, 0.1) is 11.0 Å². The monoisotopic (exact) mass is 264 g/mol. The Morgan fingerprint density at radius 1 is 1.33 bits per heavy atom. The maximum absolute atomic E-state index is 5.51. The number of para-hydroxylation sites is 1. The minimum absolute atomic E-state index is 0.800. The Kier molecular flexibility index (Phi) is 4.55. The van der Waals surface area contributed by atoms with E-state index in [0.29, 0.717) is 0 Å². The highest BCUT2D eigenvalue weighted by atomic mass is 32.1. The van der Waals surface area contributed by atoms with Crippen molar-refractivity contribution in [3.63, 3.8) is 0 Å². The van der Waals surface area contributed by atoms with Crippen molar-refractivity contribution in [2.24, 2.45) is 0 Å². The number of hydrogen-bond donors (Lipinski definition) is 1. The third-order valence-electron chi connectivity index (χ3n) is 3.01. The van der Waals surface area contributed by atoms with Crippen LogP contribution in [0.5, 0.6) is 0 Å². The van der Waals surface area contributed by atoms with Gasteiger partial charge in [-0.05, 0) is 43.6 Å². The summed E-state index contributed by atoms with van der Waals surface area (Å²) in [7, 11) is 0. The van der Waals surface area contributed by atoms with E-state index >= 15 is 0 Å². The molecule has 0 atom stereocenters. The number of H-pyrrole nitrogens is 1. The molecule has 98 valence electrons. The van der Waals surface area contributed by atoms with Crippen molar-refractivity contribution in [2.75, 3.05) is 13.2 Å². The van der Waals surface area contributed by atoms with Gasteiger partial charge in [0.25, 0.3) is 0 Å². The van der Waals surface area contributed by atoms with Gasteiger partial charge < -0.3 is 14.3 Å². The predicted octanol–water partition coefficient (Wildman–Crippen LogP) is 3.82. The first-order valence-corrected chi connectivity index (χ1v) is 6.90. The van der Waals surface area contributed by atoms with Crippen LogP contribution in [0.2, 0.25) is 0 Å². The first kappa shape index (κ1) is 13.3. The molecule has 1 aromatic heterocycles. The lowest BCUT2D eigenvalue weighted by Crippen LogP contribution is -2.04. The van der Waals surface area contributed by atoms with E-state index in [-0.39, 0.29) is 0 Å². The second-order valence-corrected chi connectivity index (χ2v) is 4.91. The third-order valence-corrected chi connectivity index (χ3v) is 3.34. The molecule has 2 rings (SSSR count). The molecule has 1 aromatic carbocycles. The van der Waals surface area contributed by atoms with Crippen molar-refractivity contribution < 1.29 is 4.74 Å². The molecule has 1 heterocycles. The SMILES string of the molecule is CCCOCCCn1c(=S)[nH]c2cccc(C)c21. The molecule has 0 amide bonds. The Morgan fingerprint density at radius 3 is 2.94 bits per heavy atom. The Bertz CT molecular complexity index is 571. The zero-order valence-electron chi connectivity index (χ0n) is 11.0. The highest BCUT2D eigenvalue weighted by Gasteiger charge is 2.06. The fourth-order valence-corrected chi connectivity index (χ4v) is 2.48. The minimum atomic E-state index is 0.800. The zero-order valence-corrected chi connectivity index (χ0v) is 11.8. The van der Waals surface area contributed by atoms with E-state index in [2.05, 4.69) is 41.6 Å². The first-order valence-electron chi connectivity index (χ1n) is 6.50. The summed E-state index contributed by atoms with van der Waals surface area (Å²) in [5, 5.41) is 0. The van der Waals surface area contributed by atoms with Crippen LogP contribution in [0.4, 0.5) is 0 Å². The Labute approximate surface area is 113 Å². The summed E-state index contributed by atoms with van der Waals surface area (Å²) in [4.78, 5) is 3.26. The molecular formula is C14H20N2OS. The molecule has 1 N–H and O–H groups in total. The number of nitrogens with one attached hydrogen (secondary N) is 1. The van der Waals surface area contributed by atoms with Gasteiger partial charge in [-0.3, -0.25) is 0 Å². The van der Waals surface area contributed by atoms with Gasteiger partial charge in [-0.2, -0.15) is 0 Å². The van der Waals surface area contributed by atoms with Gasteiger partial charge in [-0.1, -0.05) is 19.1 Å². The maximum atomic E-state index is 5.51. The number of aromatic amines is 1. The smallest absolute Gasteiger partial charge is 0.178 e. The van der Waals surface area contributed by atoms with Gasteiger partial charge in [0, 0.05) is 19.8 Å². The van der Waals surface area contributed by atoms with Crippen LogP contribution in [-0.2, 0) is 11.3 Å². The molecule has 4 heteroatoms. The largest absolute Gasteiger partial charge is 0.381 e. The lowest BCUT2D eigenvalue weighted by Gasteiger charge is -2.07. The summed E-state index contributed by atoms with van der Waals surface area (Å²) in [6.07, 6.45) is 2.07. The number of fused-ring (bicyclic) bond motifs is 1. The van der Waals surface area contributed by atoms with Gasteiger partial charge in [-0.25, -0.2) is 0 Å². The van der Waals surface area contributed by atoms with Crippen molar-refractivity contribution in [2.45, 2.75) is 33.2 Å². The molecule has 0 aliphatic rings. The van der Waals surface area contributed by atoms with Crippen LogP contribution in [0.1, 0.15) is 25.3 Å². The van der Waals surface area contributed by atoms with Gasteiger partial charge in [0.15, 0.2) is 4.77 Å². The molecule has 0 saturated heterocycles. The highest BCUT2D eigenvalue weighted by molar-refractivity contribution is 7.71. The lowest BCUT2D eigenvalue weighted by molar-refractivity contribution is 0.129. The molecule has 0 aliphatic carbocycles. The van der Waals surface area contributed by atoms with Crippen LogP contribution in [0.25, 0.3) is 11.0 Å². The van der Waals surface area contributed by atoms with Crippen LogP contribution < -0.4 is 0 Å². The number of aryl methyl sites for hydroxylation is 2. The maximum Gasteiger partial charge on any atom is 0.178 e. The van der Waals surface area contributed by atoms with Gasteiger partial charge >= 0.3 is 0 Å². The highest BCUT2D eigenvalue weighted by Crippen LogP contribution is 2.18. The van der Waals surface area contributed by atoms with Crippen molar-refractivity contribution in [1.29, 1.82) is 0 Å². The standard InChI is InChI=1S/C14H20N2OS/c1-3-9-17-10-5-8-16-13-11(2)6-4-7-12(13)15-14(16)18/h4,6-7H,3,5,8-10H2,1-2H3,(H,15,18). The van der Waals surface area contributed by atoms with E-state index in [1.165, 1.54) is 11.1 Å². The summed E-state index contributed by atoms with van der Waals surface area (Å²) in [5.41, 5.74) is 3.60. The molecule has 0 saturated carbocycles. The summed E-state index contributed by atoms with van der Waals surface area (Å²) in [6.45, 7) is 6.80. The van der Waals surface area contributed by atoms with E-state index in [1.807, 2.05) is 0 Å². The van der Waals surface area contributed by atoms with Crippen LogP contribution >= 0.6 is 12.2 Å². The Balaban J connectivity index is 2.12. The average molecular weight is 264 g/mol. The number of aromatic nitrogens is 2. The Morgan fingerprint density at radius 2 is 2.17 bits per heavy atom. The number of hydrogen-bond acceptors (Lipinski definition) is 2. The number of imidazole rings is 1. The molecule has 2 aromatic rings. The van der Waals surface area contributed by atoms with E-state index in [1.54, 1.807) is 0 Å². The summed E-state index contributed by atoms with van der Waals surface area (Å²) in [5.74, 6) is 0. The predicted molar refractivity (Wildman–Crippen MR) is 77.6 cm³/mol. The molecular weight excluding hydrogens is 244 g/mol. The fraction of sp³-hybridized carbons (Fsp3) is 0.500. The van der Waals surface area contributed by atoms with Gasteiger partial charge in [0.2, 0.25) is 0 Å². The van der Waals surface area contributed by atoms with Crippen LogP contribution in [-0.4, -0.2) is 22.8 Å². The Hall–Kier alpha value is -1.13. The fourth-order valence-electron chi connectivity index (χ4n) is 2.19. The summed E-state index contributed by atoms with van der Waals surface area (Å²) < 4.78 is 8.48. The van der Waals surface area contributed by atoms with Crippen molar-refractivity contribution in [3.05, 3.63) is 28.5 Å². The third kappa shape index (κ3) is 2.82. The van der Waals surface area contributed by atoms with Crippen LogP contribution in [0.15, 0.2) is 18.2 Å². The van der Waals surface area contributed by atoms with Gasteiger partial charge in [0.1, 0.15) is 0 Å². The molecule has 0 bridgehead atoms. The van der Waals surface area contributed by atoms with E-state index in [0.717, 1.165) is 42.9 Å². The van der Waals surface area contributed by atoms with Crippen LogP contribution in [0.3, 0.4) is 0 Å². The summed E-state index contributed by atoms with van der Waals surface area (Å²) in [6, 6.07) is 6.24. The molecule has 0 spiro atoms. The van der Waals surface area contributed by atoms with Crippen molar-refractivity contribution in [1.82, 2.24) is 9.55 Å². The zero-order chi connectivity index (χ0) is 13.0. The average Bonchev–Trinajstić information content (AvgIpc) is 2.67. The molecule has 0 unspecified atom stereocenters. The second kappa shape index (κ2) is 6.16. The molecule has 18 heavy (non-hydrogen) atoms. The molecule has 0 fully saturated rings. The molecule has 0 aliphatic heterocycles. The number of nitrogens with zero attached hydrogens (tertiary/aromatic N) is 1. The van der Waals surface area contributed by atoms with Crippen molar-refractivity contribution in [3.8, 4) is 0 Å². The number of ether oxygens (including phenoxy) is 1. The molecule has 0 radical (unpaired) electrons. The number of rotatable bonds is 6. The molecule has 3 nitrogen and oxygen atoms in total. The normalized spacial score (nSPS) is 11.2. The van der Waals surface area contributed by atoms with Gasteiger partial charge in [-0.15, -0.1) is 0 Å². The minimum Gasteiger partial charge on any atom is -0.381 e. The lowest BCUT2D eigenvalue weighted by atomic mass is 10.2. The number of benzene rings is 1. The van der Waals surface area contributed by atoms with Crippen LogP contribution in [0, 0.1) is 11.7 Å². The van der Waals surface area contributed by atoms with Crippen molar-refractivity contribution >= 4 is 23.3 Å². The topological polar surface area (TPSA) is 29.9 Å². The summed E-state index contributed by atoms with van der Waals surface area (Å²) >= 11 is 5.38. The van der Waals surface area contributed by atoms with E-state index in [4.69, 9.17) is 17.0 Å². The quantitative estimate of drug-likeness (QED) is 0.635. The first-order chi connectivity index (χ1) is 8.74. The van der Waals surface area contributed by atoms with E-state index in [9.17, 15) is 0 Å². The second-order valence-electron chi connectivity index (χ2n) is 4.52. The van der Waals surface area contributed by atoms with E-state index < -0.39 is 0 Å².